The van der Waals surface area contributed by atoms with Gasteiger partial charge in [0.05, 0.1) is 13.2 Å². The number of nitrogens with zero attached hydrogens (tertiary/aromatic N) is 3. The first-order valence-corrected chi connectivity index (χ1v) is 9.44. The molecule has 0 radical (unpaired) electrons. The first-order valence-electron chi connectivity index (χ1n) is 9.44. The fourth-order valence-electron chi connectivity index (χ4n) is 3.29. The minimum atomic E-state index is -0.657. The van der Waals surface area contributed by atoms with E-state index in [1.165, 1.54) is 12.0 Å². The van der Waals surface area contributed by atoms with Gasteiger partial charge in [-0.25, -0.2) is 14.4 Å². The molecule has 0 bridgehead atoms. The Morgan fingerprint density at radius 1 is 1.15 bits per heavy atom. The average Bonchev–Trinajstić information content (AvgIpc) is 2.58. The number of urea groups is 1. The molecule has 0 saturated carbocycles. The van der Waals surface area contributed by atoms with Crippen LogP contribution >= 0.6 is 0 Å². The number of hydrogen-bond acceptors (Lipinski definition) is 5. The summed E-state index contributed by atoms with van der Waals surface area (Å²) in [6, 6.07) is -1.06. The maximum atomic E-state index is 12.9. The first kappa shape index (κ1) is 23.0. The summed E-state index contributed by atoms with van der Waals surface area (Å²) in [5.41, 5.74) is -0.559. The van der Waals surface area contributed by atoms with Crippen LogP contribution in [0.15, 0.2) is 0 Å². The van der Waals surface area contributed by atoms with E-state index in [1.807, 2.05) is 34.6 Å². The van der Waals surface area contributed by atoms with Crippen LogP contribution in [0.4, 0.5) is 9.59 Å². The van der Waals surface area contributed by atoms with E-state index >= 15 is 0 Å². The predicted octanol–water partition coefficient (Wildman–Crippen LogP) is 2.57. The maximum absolute atomic E-state index is 12.9. The Kier molecular flexibility index (Phi) is 7.92. The van der Waals surface area contributed by atoms with E-state index < -0.39 is 17.6 Å². The van der Waals surface area contributed by atoms with Gasteiger partial charge in [0.1, 0.15) is 11.6 Å². The van der Waals surface area contributed by atoms with Crippen molar-refractivity contribution in [3.05, 3.63) is 0 Å². The second-order valence-corrected chi connectivity index (χ2v) is 8.44. The van der Waals surface area contributed by atoms with Crippen molar-refractivity contribution in [1.82, 2.24) is 14.7 Å². The molecule has 1 aliphatic heterocycles. The second-order valence-electron chi connectivity index (χ2n) is 8.44. The fraction of sp³-hybridized carbons (Fsp3) is 0.842. The molecular weight excluding hydrogens is 350 g/mol. The number of likely N-dealkylation sites (tertiary alicyclic amines) is 1. The lowest BCUT2D eigenvalue weighted by atomic mass is 10.0. The number of esters is 1. The maximum Gasteiger partial charge on any atom is 0.410 e. The van der Waals surface area contributed by atoms with E-state index in [9.17, 15) is 14.4 Å². The van der Waals surface area contributed by atoms with Gasteiger partial charge in [-0.2, -0.15) is 0 Å². The molecule has 1 saturated heterocycles. The summed E-state index contributed by atoms with van der Waals surface area (Å²) < 4.78 is 10.3. The van der Waals surface area contributed by atoms with Crippen LogP contribution in [0.5, 0.6) is 0 Å². The standard InChI is InChI=1S/C19H35N3O5/c1-13(2)15(16(23)26-8)21(7)17(24)20(6)14-10-9-11-22(12-14)18(25)27-19(3,4)5/h13-15H,9-12H2,1-8H3. The van der Waals surface area contributed by atoms with E-state index in [4.69, 9.17) is 9.47 Å². The average molecular weight is 386 g/mol. The van der Waals surface area contributed by atoms with E-state index in [2.05, 4.69) is 0 Å². The molecule has 1 aliphatic rings. The Morgan fingerprint density at radius 2 is 1.74 bits per heavy atom. The summed E-state index contributed by atoms with van der Waals surface area (Å²) in [6.45, 7) is 10.3. The van der Waals surface area contributed by atoms with Gasteiger partial charge in [-0.1, -0.05) is 13.8 Å². The topological polar surface area (TPSA) is 79.4 Å². The Labute approximate surface area is 162 Å². The molecule has 0 aromatic heterocycles. The van der Waals surface area contributed by atoms with Crippen molar-refractivity contribution in [2.75, 3.05) is 34.3 Å². The van der Waals surface area contributed by atoms with Gasteiger partial charge in [0.2, 0.25) is 0 Å². The quantitative estimate of drug-likeness (QED) is 0.695. The van der Waals surface area contributed by atoms with Crippen LogP contribution in [0.1, 0.15) is 47.5 Å². The summed E-state index contributed by atoms with van der Waals surface area (Å²) in [4.78, 5) is 42.0. The smallest absolute Gasteiger partial charge is 0.410 e. The molecule has 156 valence electrons. The zero-order chi connectivity index (χ0) is 20.9. The summed E-state index contributed by atoms with van der Waals surface area (Å²) in [7, 11) is 4.63. The van der Waals surface area contributed by atoms with Crippen LogP contribution in [0.2, 0.25) is 0 Å². The van der Waals surface area contributed by atoms with Crippen molar-refractivity contribution in [3.8, 4) is 0 Å². The summed E-state index contributed by atoms with van der Waals surface area (Å²) in [5, 5.41) is 0. The van der Waals surface area contributed by atoms with E-state index in [0.29, 0.717) is 13.1 Å². The van der Waals surface area contributed by atoms with Crippen LogP contribution < -0.4 is 0 Å². The minimum absolute atomic E-state index is 0.0792. The highest BCUT2D eigenvalue weighted by molar-refractivity contribution is 5.83. The highest BCUT2D eigenvalue weighted by atomic mass is 16.6. The summed E-state index contributed by atoms with van der Waals surface area (Å²) >= 11 is 0. The highest BCUT2D eigenvalue weighted by Crippen LogP contribution is 2.20. The van der Waals surface area contributed by atoms with Crippen molar-refractivity contribution in [1.29, 1.82) is 0 Å². The van der Waals surface area contributed by atoms with Crippen LogP contribution in [-0.2, 0) is 14.3 Å². The zero-order valence-electron chi connectivity index (χ0n) is 17.9. The largest absolute Gasteiger partial charge is 0.467 e. The third kappa shape index (κ3) is 6.29. The van der Waals surface area contributed by atoms with Gasteiger partial charge in [0.25, 0.3) is 0 Å². The third-order valence-electron chi connectivity index (χ3n) is 4.69. The lowest BCUT2D eigenvalue weighted by Gasteiger charge is -2.40. The first-order chi connectivity index (χ1) is 12.4. The van der Waals surface area contributed by atoms with E-state index in [0.717, 1.165) is 12.8 Å². The van der Waals surface area contributed by atoms with Crippen LogP contribution in [0.3, 0.4) is 0 Å². The lowest BCUT2D eigenvalue weighted by Crippen LogP contribution is -2.56. The minimum Gasteiger partial charge on any atom is -0.467 e. The van der Waals surface area contributed by atoms with Crippen molar-refractivity contribution in [2.24, 2.45) is 5.92 Å². The summed E-state index contributed by atoms with van der Waals surface area (Å²) in [6.07, 6.45) is 1.21. The second kappa shape index (κ2) is 9.28. The highest BCUT2D eigenvalue weighted by Gasteiger charge is 2.36. The Balaban J connectivity index is 2.81. The van der Waals surface area contributed by atoms with Gasteiger partial charge >= 0.3 is 18.1 Å². The number of likely N-dealkylation sites (N-methyl/N-ethyl adjacent to an activating group) is 2. The number of carbonyl (C=O) groups excluding carboxylic acids is 3. The molecule has 2 atom stereocenters. The molecule has 0 N–H and O–H groups in total. The van der Waals surface area contributed by atoms with Crippen molar-refractivity contribution >= 4 is 18.1 Å². The van der Waals surface area contributed by atoms with Gasteiger partial charge in [0.15, 0.2) is 0 Å². The summed E-state index contributed by atoms with van der Waals surface area (Å²) in [5.74, 6) is -0.516. The number of ether oxygens (including phenoxy) is 2. The Bertz CT molecular complexity index is 544. The van der Waals surface area contributed by atoms with Gasteiger partial charge in [0, 0.05) is 27.2 Å². The fourth-order valence-corrected chi connectivity index (χ4v) is 3.29. The van der Waals surface area contributed by atoms with Crippen molar-refractivity contribution in [3.63, 3.8) is 0 Å². The zero-order valence-corrected chi connectivity index (χ0v) is 17.9. The molecule has 3 amide bonds. The van der Waals surface area contributed by atoms with Crippen molar-refractivity contribution in [2.45, 2.75) is 65.1 Å². The number of rotatable bonds is 4. The number of methoxy groups -OCH3 is 1. The monoisotopic (exact) mass is 385 g/mol. The van der Waals surface area contributed by atoms with Crippen LogP contribution in [0, 0.1) is 5.92 Å². The SMILES string of the molecule is COC(=O)C(C(C)C)N(C)C(=O)N(C)C1CCCN(C(=O)OC(C)(C)C)C1. The molecular formula is C19H35N3O5. The molecule has 1 heterocycles. The molecule has 0 aromatic rings. The van der Waals surface area contributed by atoms with Gasteiger partial charge in [-0.3, -0.25) is 0 Å². The van der Waals surface area contributed by atoms with Gasteiger partial charge in [-0.05, 0) is 39.5 Å². The molecule has 0 spiro atoms. The molecule has 2 unspecified atom stereocenters. The molecule has 1 rings (SSSR count). The molecule has 8 heteroatoms. The molecule has 1 fully saturated rings. The number of carbonyl (C=O) groups is 3. The van der Waals surface area contributed by atoms with Crippen LogP contribution in [-0.4, -0.2) is 84.8 Å². The third-order valence-corrected chi connectivity index (χ3v) is 4.69. The molecule has 0 aliphatic carbocycles. The van der Waals surface area contributed by atoms with E-state index in [-0.39, 0.29) is 24.1 Å². The van der Waals surface area contributed by atoms with Gasteiger partial charge < -0.3 is 24.2 Å². The number of piperidine rings is 1. The normalized spacial score (nSPS) is 18.7. The van der Waals surface area contributed by atoms with Gasteiger partial charge in [-0.15, -0.1) is 0 Å². The van der Waals surface area contributed by atoms with Crippen molar-refractivity contribution < 1.29 is 23.9 Å². The van der Waals surface area contributed by atoms with E-state index in [1.54, 1.807) is 23.9 Å². The molecule has 27 heavy (non-hydrogen) atoms. The number of amides is 3. The number of hydrogen-bond donors (Lipinski definition) is 0. The predicted molar refractivity (Wildman–Crippen MR) is 102 cm³/mol. The Hall–Kier alpha value is -1.99. The lowest BCUT2D eigenvalue weighted by molar-refractivity contribution is -0.147. The van der Waals surface area contributed by atoms with Crippen LogP contribution in [0.25, 0.3) is 0 Å². The Morgan fingerprint density at radius 3 is 2.22 bits per heavy atom. The molecule has 0 aromatic carbocycles. The molecule has 8 nitrogen and oxygen atoms in total.